The fraction of sp³-hybridized carbons (Fsp3) is 0.364. The second-order valence-electron chi connectivity index (χ2n) is 4.54. The predicted octanol–water partition coefficient (Wildman–Crippen LogP) is 1.39. The maximum Gasteiger partial charge on any atom is 0.324 e. The molecule has 1 aliphatic rings. The molecule has 1 aromatic rings. The molecule has 0 spiro atoms. The van der Waals surface area contributed by atoms with E-state index in [1.165, 1.54) is 0 Å². The van der Waals surface area contributed by atoms with E-state index in [9.17, 15) is 26.4 Å². The molecule has 0 aliphatic heterocycles. The van der Waals surface area contributed by atoms with Gasteiger partial charge in [-0.25, -0.2) is 21.6 Å². The number of carbonyl (C=O) groups is 1. The van der Waals surface area contributed by atoms with Gasteiger partial charge in [-0.05, 0) is 19.3 Å². The Kier molecular flexibility index (Phi) is 3.51. The van der Waals surface area contributed by atoms with Crippen LogP contribution in [-0.4, -0.2) is 25.0 Å². The van der Waals surface area contributed by atoms with Crippen molar-refractivity contribution in [1.29, 1.82) is 0 Å². The molecular weight excluding hydrogens is 299 g/mol. The van der Waals surface area contributed by atoms with Gasteiger partial charge in [0, 0.05) is 12.1 Å². The first-order chi connectivity index (χ1) is 9.18. The van der Waals surface area contributed by atoms with Crippen LogP contribution in [0.5, 0.6) is 0 Å². The van der Waals surface area contributed by atoms with Gasteiger partial charge in [-0.2, -0.15) is 4.72 Å². The Morgan fingerprint density at radius 3 is 2.05 bits per heavy atom. The Morgan fingerprint density at radius 1 is 1.20 bits per heavy atom. The highest BCUT2D eigenvalue weighted by Gasteiger charge is 2.48. The van der Waals surface area contributed by atoms with Crippen molar-refractivity contribution in [3.8, 4) is 0 Å². The predicted molar refractivity (Wildman–Crippen MR) is 60.9 cm³/mol. The third-order valence-corrected chi connectivity index (χ3v) is 4.76. The lowest BCUT2D eigenvalue weighted by Crippen LogP contribution is -2.59. The number of hydrogen-bond donors (Lipinski definition) is 2. The second kappa shape index (κ2) is 4.74. The first-order valence-electron chi connectivity index (χ1n) is 5.60. The van der Waals surface area contributed by atoms with Crippen molar-refractivity contribution >= 4 is 16.0 Å². The van der Waals surface area contributed by atoms with E-state index in [1.54, 1.807) is 4.72 Å². The first-order valence-corrected chi connectivity index (χ1v) is 7.08. The van der Waals surface area contributed by atoms with E-state index in [0.717, 1.165) is 0 Å². The smallest absolute Gasteiger partial charge is 0.324 e. The van der Waals surface area contributed by atoms with Crippen LogP contribution in [0.1, 0.15) is 19.3 Å². The third kappa shape index (κ3) is 2.38. The van der Waals surface area contributed by atoms with E-state index >= 15 is 0 Å². The van der Waals surface area contributed by atoms with Gasteiger partial charge in [0.2, 0.25) is 10.0 Å². The SMILES string of the molecule is O=C(O)C1(NS(=O)(=O)c2c(F)cc(F)cc2F)CCC1. The van der Waals surface area contributed by atoms with Gasteiger partial charge < -0.3 is 5.11 Å². The van der Waals surface area contributed by atoms with Crippen molar-refractivity contribution in [2.24, 2.45) is 0 Å². The summed E-state index contributed by atoms with van der Waals surface area (Å²) in [6.45, 7) is 0. The number of aliphatic carboxylic acids is 1. The van der Waals surface area contributed by atoms with E-state index in [1.807, 2.05) is 0 Å². The molecule has 20 heavy (non-hydrogen) atoms. The number of hydrogen-bond acceptors (Lipinski definition) is 3. The van der Waals surface area contributed by atoms with Gasteiger partial charge >= 0.3 is 5.97 Å². The van der Waals surface area contributed by atoms with Crippen LogP contribution in [0.15, 0.2) is 17.0 Å². The number of nitrogens with one attached hydrogen (secondary N) is 1. The van der Waals surface area contributed by atoms with Crippen LogP contribution in [0.3, 0.4) is 0 Å². The molecule has 0 atom stereocenters. The molecule has 5 nitrogen and oxygen atoms in total. The minimum absolute atomic E-state index is 0.0198. The zero-order valence-electron chi connectivity index (χ0n) is 9.99. The van der Waals surface area contributed by atoms with Gasteiger partial charge in [-0.1, -0.05) is 0 Å². The summed E-state index contributed by atoms with van der Waals surface area (Å²) in [7, 11) is -4.75. The molecule has 1 fully saturated rings. The maximum atomic E-state index is 13.5. The number of halogens is 3. The summed E-state index contributed by atoms with van der Waals surface area (Å²) in [5.41, 5.74) is -1.76. The number of rotatable bonds is 4. The number of sulfonamides is 1. The van der Waals surface area contributed by atoms with Crippen molar-refractivity contribution in [3.05, 3.63) is 29.6 Å². The van der Waals surface area contributed by atoms with Crippen LogP contribution < -0.4 is 4.72 Å². The van der Waals surface area contributed by atoms with E-state index < -0.39 is 43.9 Å². The van der Waals surface area contributed by atoms with Crippen LogP contribution in [0.2, 0.25) is 0 Å². The molecule has 1 aromatic carbocycles. The Labute approximate surface area is 112 Å². The van der Waals surface area contributed by atoms with E-state index in [2.05, 4.69) is 0 Å². The number of carboxylic acid groups (broad SMARTS) is 1. The zero-order chi connectivity index (χ0) is 15.1. The molecule has 2 N–H and O–H groups in total. The lowest BCUT2D eigenvalue weighted by molar-refractivity contribution is -0.147. The summed E-state index contributed by atoms with van der Waals surface area (Å²) in [4.78, 5) is 9.68. The van der Waals surface area contributed by atoms with Gasteiger partial charge in [-0.3, -0.25) is 4.79 Å². The Hall–Kier alpha value is -1.61. The maximum absolute atomic E-state index is 13.5. The lowest BCUT2D eigenvalue weighted by atomic mass is 9.78. The molecule has 0 saturated heterocycles. The monoisotopic (exact) mass is 309 g/mol. The van der Waals surface area contributed by atoms with Crippen molar-refractivity contribution < 1.29 is 31.5 Å². The lowest BCUT2D eigenvalue weighted by Gasteiger charge is -2.37. The summed E-state index contributed by atoms with van der Waals surface area (Å²) >= 11 is 0. The zero-order valence-corrected chi connectivity index (χ0v) is 10.8. The molecule has 0 radical (unpaired) electrons. The summed E-state index contributed by atoms with van der Waals surface area (Å²) in [6, 6.07) is 0.428. The summed E-state index contributed by atoms with van der Waals surface area (Å²) < 4.78 is 65.3. The van der Waals surface area contributed by atoms with Crippen LogP contribution in [0.4, 0.5) is 13.2 Å². The van der Waals surface area contributed by atoms with E-state index in [-0.39, 0.29) is 25.0 Å². The quantitative estimate of drug-likeness (QED) is 0.880. The normalized spacial score (nSPS) is 17.6. The molecule has 0 unspecified atom stereocenters. The molecule has 2 rings (SSSR count). The Morgan fingerprint density at radius 2 is 1.70 bits per heavy atom. The molecule has 1 saturated carbocycles. The van der Waals surface area contributed by atoms with Crippen LogP contribution in [-0.2, 0) is 14.8 Å². The number of benzene rings is 1. The van der Waals surface area contributed by atoms with Gasteiger partial charge in [0.25, 0.3) is 0 Å². The Bertz CT molecular complexity index is 647. The molecule has 0 bridgehead atoms. The molecule has 110 valence electrons. The largest absolute Gasteiger partial charge is 0.480 e. The highest BCUT2D eigenvalue weighted by molar-refractivity contribution is 7.89. The minimum Gasteiger partial charge on any atom is -0.480 e. The highest BCUT2D eigenvalue weighted by atomic mass is 32.2. The van der Waals surface area contributed by atoms with E-state index in [0.29, 0.717) is 6.42 Å². The standard InChI is InChI=1S/C11H10F3NO4S/c12-6-4-7(13)9(8(14)5-6)20(18,19)15-11(10(16)17)2-1-3-11/h4-5,15H,1-3H2,(H,16,17). The molecule has 0 aromatic heterocycles. The van der Waals surface area contributed by atoms with Gasteiger partial charge in [0.1, 0.15) is 23.0 Å². The van der Waals surface area contributed by atoms with E-state index in [4.69, 9.17) is 5.11 Å². The van der Waals surface area contributed by atoms with Crippen LogP contribution in [0.25, 0.3) is 0 Å². The first kappa shape index (κ1) is 14.8. The Balaban J connectivity index is 2.44. The molecule has 0 heterocycles. The average Bonchev–Trinajstić information content (AvgIpc) is 2.20. The van der Waals surface area contributed by atoms with Crippen molar-refractivity contribution in [2.75, 3.05) is 0 Å². The van der Waals surface area contributed by atoms with Crippen molar-refractivity contribution in [3.63, 3.8) is 0 Å². The van der Waals surface area contributed by atoms with Crippen molar-refractivity contribution in [2.45, 2.75) is 29.7 Å². The summed E-state index contributed by atoms with van der Waals surface area (Å²) in [5, 5.41) is 9.00. The highest BCUT2D eigenvalue weighted by Crippen LogP contribution is 2.34. The molecule has 0 amide bonds. The van der Waals surface area contributed by atoms with Gasteiger partial charge in [0.15, 0.2) is 4.90 Å². The van der Waals surface area contributed by atoms with Crippen LogP contribution >= 0.6 is 0 Å². The average molecular weight is 309 g/mol. The van der Waals surface area contributed by atoms with Gasteiger partial charge in [0.05, 0.1) is 0 Å². The third-order valence-electron chi connectivity index (χ3n) is 3.18. The second-order valence-corrected chi connectivity index (χ2v) is 6.16. The fourth-order valence-electron chi connectivity index (χ4n) is 1.98. The van der Waals surface area contributed by atoms with Gasteiger partial charge in [-0.15, -0.1) is 0 Å². The number of carboxylic acids is 1. The molecule has 1 aliphatic carbocycles. The van der Waals surface area contributed by atoms with Crippen LogP contribution in [0, 0.1) is 17.5 Å². The topological polar surface area (TPSA) is 83.5 Å². The van der Waals surface area contributed by atoms with Crippen molar-refractivity contribution in [1.82, 2.24) is 4.72 Å². The molecule has 9 heteroatoms. The fourth-order valence-corrected chi connectivity index (χ4v) is 3.52. The molecular formula is C11H10F3NO4S. The summed E-state index contributed by atoms with van der Waals surface area (Å²) in [5.74, 6) is -5.92. The minimum atomic E-state index is -4.75. The summed E-state index contributed by atoms with van der Waals surface area (Å²) in [6.07, 6.45) is 0.515.